The van der Waals surface area contributed by atoms with E-state index in [9.17, 15) is 4.79 Å². The Balaban J connectivity index is 2.26. The summed E-state index contributed by atoms with van der Waals surface area (Å²) in [6.07, 6.45) is 6.28. The topological polar surface area (TPSA) is 35.5 Å². The summed E-state index contributed by atoms with van der Waals surface area (Å²) in [6.45, 7) is 4.56. The van der Waals surface area contributed by atoms with Gasteiger partial charge in [0.15, 0.2) is 0 Å². The Labute approximate surface area is 92.1 Å². The second-order valence-corrected chi connectivity index (χ2v) is 4.11. The molecule has 0 N–H and O–H groups in total. The van der Waals surface area contributed by atoms with Gasteiger partial charge < -0.3 is 9.47 Å². The van der Waals surface area contributed by atoms with Crippen molar-refractivity contribution in [2.24, 2.45) is 5.92 Å². The summed E-state index contributed by atoms with van der Waals surface area (Å²) in [6, 6.07) is 0. The molecule has 0 bridgehead atoms. The fraction of sp³-hybridized carbons (Fsp3) is 0.917. The van der Waals surface area contributed by atoms with Crippen LogP contribution in [0.3, 0.4) is 0 Å². The van der Waals surface area contributed by atoms with E-state index in [1.807, 2.05) is 6.92 Å². The normalized spacial score (nSPS) is 26.3. The lowest BCUT2D eigenvalue weighted by atomic mass is 9.85. The van der Waals surface area contributed by atoms with Crippen molar-refractivity contribution in [1.29, 1.82) is 0 Å². The number of rotatable bonds is 5. The van der Waals surface area contributed by atoms with Crippen LogP contribution >= 0.6 is 0 Å². The van der Waals surface area contributed by atoms with Gasteiger partial charge in [-0.25, -0.2) is 4.79 Å². The van der Waals surface area contributed by atoms with Crippen molar-refractivity contribution in [1.82, 2.24) is 0 Å². The van der Waals surface area contributed by atoms with Crippen LogP contribution in [-0.2, 0) is 14.3 Å². The minimum atomic E-state index is -0.238. The predicted molar refractivity (Wildman–Crippen MR) is 58.6 cm³/mol. The second kappa shape index (κ2) is 6.83. The molecular formula is C12H22O3. The van der Waals surface area contributed by atoms with Crippen LogP contribution in [0.2, 0.25) is 0 Å². The Bertz CT molecular complexity index is 191. The zero-order chi connectivity index (χ0) is 11.1. The van der Waals surface area contributed by atoms with Gasteiger partial charge in [0.1, 0.15) is 6.61 Å². The fourth-order valence-corrected chi connectivity index (χ4v) is 2.24. The summed E-state index contributed by atoms with van der Waals surface area (Å²) in [4.78, 5) is 11.1. The number of esters is 1. The molecule has 1 fully saturated rings. The van der Waals surface area contributed by atoms with Gasteiger partial charge in [-0.1, -0.05) is 26.2 Å². The van der Waals surface area contributed by atoms with Crippen LogP contribution in [0.25, 0.3) is 0 Å². The Morgan fingerprint density at radius 1 is 1.27 bits per heavy atom. The highest BCUT2D eigenvalue weighted by Crippen LogP contribution is 2.28. The summed E-state index contributed by atoms with van der Waals surface area (Å²) in [5, 5.41) is 0. The Kier molecular flexibility index (Phi) is 5.69. The van der Waals surface area contributed by atoms with Gasteiger partial charge in [0, 0.05) is 0 Å². The monoisotopic (exact) mass is 214 g/mol. The minimum absolute atomic E-state index is 0.120. The zero-order valence-electron chi connectivity index (χ0n) is 9.83. The highest BCUT2D eigenvalue weighted by Gasteiger charge is 2.24. The van der Waals surface area contributed by atoms with Crippen molar-refractivity contribution in [2.75, 3.05) is 13.2 Å². The third-order valence-electron chi connectivity index (χ3n) is 3.08. The van der Waals surface area contributed by atoms with Gasteiger partial charge in [-0.05, 0) is 25.7 Å². The number of carbonyl (C=O) groups is 1. The molecule has 0 amide bonds. The average molecular weight is 214 g/mol. The third kappa shape index (κ3) is 4.20. The molecule has 0 aromatic rings. The summed E-state index contributed by atoms with van der Waals surface area (Å²) in [5.74, 6) is 0.395. The first-order valence-corrected chi connectivity index (χ1v) is 6.05. The maximum Gasteiger partial charge on any atom is 0.332 e. The highest BCUT2D eigenvalue weighted by atomic mass is 16.6. The van der Waals surface area contributed by atoms with Crippen molar-refractivity contribution >= 4 is 5.97 Å². The molecule has 2 atom stereocenters. The van der Waals surface area contributed by atoms with Gasteiger partial charge in [0.05, 0.1) is 12.7 Å². The van der Waals surface area contributed by atoms with Gasteiger partial charge >= 0.3 is 5.97 Å². The molecule has 0 radical (unpaired) electrons. The van der Waals surface area contributed by atoms with Crippen molar-refractivity contribution in [3.8, 4) is 0 Å². The zero-order valence-corrected chi connectivity index (χ0v) is 9.83. The maximum absolute atomic E-state index is 11.1. The summed E-state index contributed by atoms with van der Waals surface area (Å²) >= 11 is 0. The van der Waals surface area contributed by atoms with Gasteiger partial charge in [0.2, 0.25) is 0 Å². The smallest absolute Gasteiger partial charge is 0.332 e. The van der Waals surface area contributed by atoms with E-state index in [0.717, 1.165) is 12.8 Å². The van der Waals surface area contributed by atoms with Crippen LogP contribution in [0.4, 0.5) is 0 Å². The fourth-order valence-electron chi connectivity index (χ4n) is 2.24. The van der Waals surface area contributed by atoms with E-state index >= 15 is 0 Å². The van der Waals surface area contributed by atoms with Gasteiger partial charge in [-0.15, -0.1) is 0 Å². The largest absolute Gasteiger partial charge is 0.464 e. The van der Waals surface area contributed by atoms with E-state index in [0.29, 0.717) is 12.5 Å². The molecule has 1 aliphatic rings. The Morgan fingerprint density at radius 3 is 2.67 bits per heavy atom. The van der Waals surface area contributed by atoms with E-state index in [2.05, 4.69) is 6.92 Å². The first kappa shape index (κ1) is 12.5. The van der Waals surface area contributed by atoms with E-state index < -0.39 is 0 Å². The van der Waals surface area contributed by atoms with Crippen LogP contribution in [0.5, 0.6) is 0 Å². The minimum Gasteiger partial charge on any atom is -0.464 e. The number of carbonyl (C=O) groups excluding carboxylic acids is 1. The van der Waals surface area contributed by atoms with E-state index in [4.69, 9.17) is 9.47 Å². The lowest BCUT2D eigenvalue weighted by Crippen LogP contribution is -2.29. The molecule has 1 saturated carbocycles. The van der Waals surface area contributed by atoms with Crippen molar-refractivity contribution in [2.45, 2.75) is 52.1 Å². The van der Waals surface area contributed by atoms with Crippen LogP contribution in [-0.4, -0.2) is 25.3 Å². The molecule has 15 heavy (non-hydrogen) atoms. The van der Waals surface area contributed by atoms with E-state index in [1.54, 1.807) is 0 Å². The molecule has 0 aromatic carbocycles. The first-order valence-electron chi connectivity index (χ1n) is 6.05. The lowest BCUT2D eigenvalue weighted by molar-refractivity contribution is -0.152. The number of ether oxygens (including phenoxy) is 2. The lowest BCUT2D eigenvalue weighted by Gasteiger charge is -2.30. The average Bonchev–Trinajstić information content (AvgIpc) is 2.27. The maximum atomic E-state index is 11.1. The summed E-state index contributed by atoms with van der Waals surface area (Å²) in [5.41, 5.74) is 0. The van der Waals surface area contributed by atoms with Crippen molar-refractivity contribution < 1.29 is 14.3 Å². The van der Waals surface area contributed by atoms with Crippen LogP contribution in [0, 0.1) is 5.92 Å². The van der Waals surface area contributed by atoms with Crippen molar-refractivity contribution in [3.05, 3.63) is 0 Å². The van der Waals surface area contributed by atoms with Crippen LogP contribution < -0.4 is 0 Å². The molecule has 3 nitrogen and oxygen atoms in total. The van der Waals surface area contributed by atoms with E-state index in [1.165, 1.54) is 19.3 Å². The molecule has 0 saturated heterocycles. The summed E-state index contributed by atoms with van der Waals surface area (Å²) in [7, 11) is 0. The molecule has 3 heteroatoms. The predicted octanol–water partition coefficient (Wildman–Crippen LogP) is 2.53. The SMILES string of the molecule is CCOC(=O)COC1CCCCC1CC. The number of hydrogen-bond acceptors (Lipinski definition) is 3. The van der Waals surface area contributed by atoms with E-state index in [-0.39, 0.29) is 18.7 Å². The Hall–Kier alpha value is -0.570. The molecule has 0 aliphatic heterocycles. The molecule has 2 unspecified atom stereocenters. The molecular weight excluding hydrogens is 192 g/mol. The molecule has 0 heterocycles. The van der Waals surface area contributed by atoms with Crippen LogP contribution in [0.15, 0.2) is 0 Å². The third-order valence-corrected chi connectivity index (χ3v) is 3.08. The molecule has 1 rings (SSSR count). The molecule has 0 spiro atoms. The van der Waals surface area contributed by atoms with Gasteiger partial charge in [0.25, 0.3) is 0 Å². The second-order valence-electron chi connectivity index (χ2n) is 4.11. The molecule has 0 aromatic heterocycles. The number of hydrogen-bond donors (Lipinski definition) is 0. The van der Waals surface area contributed by atoms with Gasteiger partial charge in [-0.2, -0.15) is 0 Å². The highest BCUT2D eigenvalue weighted by molar-refractivity contribution is 5.70. The first-order chi connectivity index (χ1) is 7.27. The standard InChI is InChI=1S/C12H22O3/c1-3-10-7-5-6-8-11(10)15-9-12(13)14-4-2/h10-11H,3-9H2,1-2H3. The van der Waals surface area contributed by atoms with Crippen molar-refractivity contribution in [3.63, 3.8) is 0 Å². The van der Waals surface area contributed by atoms with Gasteiger partial charge in [-0.3, -0.25) is 0 Å². The van der Waals surface area contributed by atoms with Crippen LogP contribution in [0.1, 0.15) is 46.0 Å². The Morgan fingerprint density at radius 2 is 2.00 bits per heavy atom. The molecule has 1 aliphatic carbocycles. The molecule has 88 valence electrons. The summed E-state index contributed by atoms with van der Waals surface area (Å²) < 4.78 is 10.5. The quantitative estimate of drug-likeness (QED) is 0.660.